The molecule has 0 N–H and O–H groups in total. The number of Topliss-reactive ketones (excluding diaryl/α,β-unsaturated/α-hetero) is 1. The van der Waals surface area contributed by atoms with E-state index in [1.807, 2.05) is 0 Å². The molecule has 2 aliphatic rings. The summed E-state index contributed by atoms with van der Waals surface area (Å²) in [5.41, 5.74) is 1.25. The van der Waals surface area contributed by atoms with Crippen molar-refractivity contribution in [1.82, 2.24) is 5.12 Å². The van der Waals surface area contributed by atoms with Crippen molar-refractivity contribution in [1.29, 1.82) is 0 Å². The van der Waals surface area contributed by atoms with Gasteiger partial charge in [0.15, 0.2) is 5.78 Å². The van der Waals surface area contributed by atoms with Crippen molar-refractivity contribution in [2.45, 2.75) is 25.8 Å². The summed E-state index contributed by atoms with van der Waals surface area (Å²) >= 11 is 0. The lowest BCUT2D eigenvalue weighted by atomic mass is 9.88. The van der Waals surface area contributed by atoms with Crippen molar-refractivity contribution in [3.05, 3.63) is 23.4 Å². The van der Waals surface area contributed by atoms with Gasteiger partial charge in [0.1, 0.15) is 0 Å². The summed E-state index contributed by atoms with van der Waals surface area (Å²) in [5, 5.41) is 0.694. The van der Waals surface area contributed by atoms with Crippen molar-refractivity contribution in [3.8, 4) is 0 Å². The summed E-state index contributed by atoms with van der Waals surface area (Å²) in [6, 6.07) is -0.000185. The minimum Gasteiger partial charge on any atom is -0.289 e. The molecule has 0 heterocycles. The second-order valence-corrected chi connectivity index (χ2v) is 3.32. The number of hydrogen-bond donors (Lipinski definition) is 0. The molecule has 0 aromatic heterocycles. The van der Waals surface area contributed by atoms with E-state index in [0.717, 1.165) is 12.8 Å². The molecule has 2 nitrogen and oxygen atoms in total. The van der Waals surface area contributed by atoms with Crippen LogP contribution in [-0.4, -0.2) is 16.9 Å². The Kier molecular flexibility index (Phi) is 1.37. The second-order valence-electron chi connectivity index (χ2n) is 3.32. The highest BCUT2D eigenvalue weighted by atomic mass is 19.2. The Morgan fingerprint density at radius 1 is 1.58 bits per heavy atom. The topological polar surface area (TPSA) is 20.3 Å². The van der Waals surface area contributed by atoms with Crippen LogP contribution >= 0.6 is 0 Å². The Morgan fingerprint density at radius 2 is 2.17 bits per heavy atom. The number of carbonyl (C=O) groups excluding carboxylic acids is 1. The van der Waals surface area contributed by atoms with Gasteiger partial charge in [0, 0.05) is 11.1 Å². The largest absolute Gasteiger partial charge is 0.289 e. The zero-order valence-corrected chi connectivity index (χ0v) is 6.93. The maximum atomic E-state index is 13.3. The molecule has 12 heavy (non-hydrogen) atoms. The van der Waals surface area contributed by atoms with Gasteiger partial charge in [-0.1, -0.05) is 11.1 Å². The van der Waals surface area contributed by atoms with E-state index >= 15 is 0 Å². The molecular formula is C9H10FNO. The van der Waals surface area contributed by atoms with Crippen molar-refractivity contribution in [2.24, 2.45) is 0 Å². The molecular weight excluding hydrogens is 157 g/mol. The summed E-state index contributed by atoms with van der Waals surface area (Å²) < 4.78 is 13.3. The van der Waals surface area contributed by atoms with Crippen LogP contribution in [0.25, 0.3) is 0 Å². The van der Waals surface area contributed by atoms with Crippen LogP contribution in [0.2, 0.25) is 0 Å². The van der Waals surface area contributed by atoms with Crippen LogP contribution in [0.3, 0.4) is 0 Å². The van der Waals surface area contributed by atoms with E-state index in [9.17, 15) is 9.28 Å². The molecule has 3 heteroatoms. The number of hydrogen-bond acceptors (Lipinski definition) is 2. The Balaban J connectivity index is 2.23. The van der Waals surface area contributed by atoms with E-state index < -0.39 is 0 Å². The van der Waals surface area contributed by atoms with Gasteiger partial charge in [-0.05, 0) is 19.8 Å². The molecule has 0 bridgehead atoms. The van der Waals surface area contributed by atoms with Gasteiger partial charge in [-0.25, -0.2) is 5.12 Å². The summed E-state index contributed by atoms with van der Waals surface area (Å²) in [4.78, 5) is 11.0. The third-order valence-electron chi connectivity index (χ3n) is 2.34. The molecule has 2 rings (SSSR count). The van der Waals surface area contributed by atoms with Crippen molar-refractivity contribution in [3.63, 3.8) is 0 Å². The molecule has 1 fully saturated rings. The van der Waals surface area contributed by atoms with Gasteiger partial charge in [-0.15, -0.1) is 0 Å². The number of halogens is 1. The second kappa shape index (κ2) is 2.19. The number of carbonyl (C=O) groups is 1. The highest BCUT2D eigenvalue weighted by Gasteiger charge is 2.39. The number of allylic oxidation sites excluding steroid dienone is 2. The molecule has 2 aliphatic carbocycles. The fourth-order valence-electron chi connectivity index (χ4n) is 1.38. The lowest BCUT2D eigenvalue weighted by Crippen LogP contribution is -2.30. The molecule has 0 saturated heterocycles. The molecule has 0 spiro atoms. The Morgan fingerprint density at radius 3 is 2.58 bits per heavy atom. The number of ketones is 1. The fraction of sp³-hybridized carbons (Fsp3) is 0.444. The molecule has 0 radical (unpaired) electrons. The van der Waals surface area contributed by atoms with Gasteiger partial charge in [0.2, 0.25) is 0 Å². The predicted octanol–water partition coefficient (Wildman–Crippen LogP) is 1.75. The normalized spacial score (nSPS) is 22.8. The zero-order chi connectivity index (χ0) is 8.88. The fourth-order valence-corrected chi connectivity index (χ4v) is 1.38. The third kappa shape index (κ3) is 0.823. The van der Waals surface area contributed by atoms with E-state index in [-0.39, 0.29) is 11.8 Å². The van der Waals surface area contributed by atoms with E-state index in [4.69, 9.17) is 0 Å². The standard InChI is InChI=1S/C9H10FNO/c1-5-8(6(2)9(5)12)11(10)7-3-4-7/h7H,1,3-4H2,2H3. The van der Waals surface area contributed by atoms with Crippen molar-refractivity contribution < 1.29 is 9.28 Å². The lowest BCUT2D eigenvalue weighted by Gasteiger charge is -2.27. The highest BCUT2D eigenvalue weighted by molar-refractivity contribution is 6.18. The van der Waals surface area contributed by atoms with Crippen LogP contribution < -0.4 is 0 Å². The van der Waals surface area contributed by atoms with Gasteiger partial charge in [-0.2, -0.15) is 0 Å². The minimum absolute atomic E-state index is 0.000185. The Labute approximate surface area is 70.3 Å². The quantitative estimate of drug-likeness (QED) is 0.461. The number of nitrogens with zero attached hydrogens (tertiary/aromatic N) is 1. The van der Waals surface area contributed by atoms with Crippen LogP contribution in [0, 0.1) is 0 Å². The SMILES string of the molecule is C=C1C(=O)C(C)=C1N(F)C1CC1. The monoisotopic (exact) mass is 167 g/mol. The predicted molar refractivity (Wildman–Crippen MR) is 42.8 cm³/mol. The first kappa shape index (κ1) is 7.53. The van der Waals surface area contributed by atoms with Crippen LogP contribution in [0.1, 0.15) is 19.8 Å². The van der Waals surface area contributed by atoms with Gasteiger partial charge in [0.25, 0.3) is 0 Å². The highest BCUT2D eigenvalue weighted by Crippen LogP contribution is 2.39. The molecule has 0 amide bonds. The minimum atomic E-state index is -0.103. The molecule has 64 valence electrons. The maximum absolute atomic E-state index is 13.3. The lowest BCUT2D eigenvalue weighted by molar-refractivity contribution is -0.114. The first-order valence-corrected chi connectivity index (χ1v) is 4.03. The zero-order valence-electron chi connectivity index (χ0n) is 6.93. The van der Waals surface area contributed by atoms with E-state index in [1.54, 1.807) is 6.92 Å². The molecule has 0 aliphatic heterocycles. The molecule has 0 aromatic carbocycles. The van der Waals surface area contributed by atoms with E-state index in [0.29, 0.717) is 22.0 Å². The maximum Gasteiger partial charge on any atom is 0.192 e. The van der Waals surface area contributed by atoms with Crippen LogP contribution in [0.15, 0.2) is 23.4 Å². The third-order valence-corrected chi connectivity index (χ3v) is 2.34. The van der Waals surface area contributed by atoms with E-state index in [1.165, 1.54) is 0 Å². The summed E-state index contributed by atoms with van der Waals surface area (Å²) in [7, 11) is 0. The van der Waals surface area contributed by atoms with Gasteiger partial charge < -0.3 is 0 Å². The van der Waals surface area contributed by atoms with Crippen LogP contribution in [0.5, 0.6) is 0 Å². The van der Waals surface area contributed by atoms with Crippen molar-refractivity contribution >= 4 is 5.78 Å². The molecule has 0 unspecified atom stereocenters. The van der Waals surface area contributed by atoms with Crippen LogP contribution in [-0.2, 0) is 4.79 Å². The first-order valence-electron chi connectivity index (χ1n) is 4.03. The summed E-state index contributed by atoms with van der Waals surface area (Å²) in [6.07, 6.45) is 1.77. The number of rotatable bonds is 2. The summed E-state index contributed by atoms with van der Waals surface area (Å²) in [6.45, 7) is 5.16. The van der Waals surface area contributed by atoms with Crippen LogP contribution in [0.4, 0.5) is 4.48 Å². The van der Waals surface area contributed by atoms with E-state index in [2.05, 4.69) is 6.58 Å². The Bertz CT molecular complexity index is 302. The average Bonchev–Trinajstić information content (AvgIpc) is 2.86. The average molecular weight is 167 g/mol. The molecule has 1 saturated carbocycles. The Hall–Kier alpha value is -1.12. The molecule has 0 atom stereocenters. The summed E-state index contributed by atoms with van der Waals surface area (Å²) in [5.74, 6) is -0.103. The van der Waals surface area contributed by atoms with Crippen molar-refractivity contribution in [2.75, 3.05) is 0 Å². The smallest absolute Gasteiger partial charge is 0.192 e. The molecule has 0 aromatic rings. The van der Waals surface area contributed by atoms with Gasteiger partial charge in [-0.3, -0.25) is 4.79 Å². The van der Waals surface area contributed by atoms with Gasteiger partial charge >= 0.3 is 0 Å². The van der Waals surface area contributed by atoms with Gasteiger partial charge in [0.05, 0.1) is 11.7 Å². The first-order chi connectivity index (χ1) is 5.63.